The van der Waals surface area contributed by atoms with Gasteiger partial charge in [-0.3, -0.25) is 9.00 Å². The molecule has 0 aliphatic rings. The molecular weight excluding hydrogens is 268 g/mol. The molecule has 0 aliphatic heterocycles. The van der Waals surface area contributed by atoms with Crippen LogP contribution in [0.25, 0.3) is 0 Å². The number of Topliss-reactive ketones (excluding diaryl/α,β-unsaturated/α-hetero) is 1. The third-order valence-electron chi connectivity index (χ3n) is 3.96. The zero-order chi connectivity index (χ0) is 15.4. The fraction of sp³-hybridized carbons (Fsp3) is 0.588. The summed E-state index contributed by atoms with van der Waals surface area (Å²) >= 11 is 0. The van der Waals surface area contributed by atoms with Crippen LogP contribution >= 0.6 is 0 Å². The summed E-state index contributed by atoms with van der Waals surface area (Å²) in [6.07, 6.45) is 1.05. The Hall–Kier alpha value is -0.960. The molecule has 0 aliphatic carbocycles. The van der Waals surface area contributed by atoms with E-state index in [0.717, 1.165) is 40.0 Å². The van der Waals surface area contributed by atoms with E-state index < -0.39 is 10.8 Å². The van der Waals surface area contributed by atoms with Crippen LogP contribution in [0.1, 0.15) is 59.8 Å². The lowest BCUT2D eigenvalue weighted by atomic mass is 9.92. The van der Waals surface area contributed by atoms with E-state index in [-0.39, 0.29) is 5.78 Å². The van der Waals surface area contributed by atoms with Gasteiger partial charge in [-0.25, -0.2) is 0 Å². The number of carbonyl (C=O) groups excluding carboxylic acids is 1. The van der Waals surface area contributed by atoms with Crippen molar-refractivity contribution in [2.75, 3.05) is 5.75 Å². The predicted octanol–water partition coefficient (Wildman–Crippen LogP) is 4.11. The summed E-state index contributed by atoms with van der Waals surface area (Å²) in [6, 6.07) is 2.04. The van der Waals surface area contributed by atoms with Crippen molar-refractivity contribution in [1.82, 2.24) is 0 Å². The Morgan fingerprint density at radius 3 is 2.35 bits per heavy atom. The first-order valence-corrected chi connectivity index (χ1v) is 8.72. The summed E-state index contributed by atoms with van der Waals surface area (Å²) < 4.78 is 12.3. The quantitative estimate of drug-likeness (QED) is 0.740. The fourth-order valence-electron chi connectivity index (χ4n) is 2.65. The predicted molar refractivity (Wildman–Crippen MR) is 86.8 cm³/mol. The monoisotopic (exact) mass is 294 g/mol. The van der Waals surface area contributed by atoms with Crippen molar-refractivity contribution in [3.8, 4) is 0 Å². The molecule has 112 valence electrons. The maximum absolute atomic E-state index is 12.3. The van der Waals surface area contributed by atoms with E-state index in [2.05, 4.69) is 13.8 Å². The molecule has 0 aromatic heterocycles. The van der Waals surface area contributed by atoms with Gasteiger partial charge in [0, 0.05) is 27.9 Å². The second kappa shape index (κ2) is 7.16. The van der Waals surface area contributed by atoms with Gasteiger partial charge in [-0.1, -0.05) is 26.3 Å². The van der Waals surface area contributed by atoms with Crippen LogP contribution in [0.4, 0.5) is 0 Å². The smallest absolute Gasteiger partial charge is 0.160 e. The number of carbonyl (C=O) groups is 1. The lowest BCUT2D eigenvalue weighted by Gasteiger charge is -2.16. The Morgan fingerprint density at radius 2 is 1.85 bits per heavy atom. The van der Waals surface area contributed by atoms with E-state index in [0.29, 0.717) is 11.7 Å². The zero-order valence-corrected chi connectivity index (χ0v) is 14.3. The molecule has 1 aromatic rings. The second-order valence-electron chi connectivity index (χ2n) is 5.81. The second-order valence-corrected chi connectivity index (χ2v) is 7.31. The van der Waals surface area contributed by atoms with Crippen LogP contribution in [-0.4, -0.2) is 15.7 Å². The van der Waals surface area contributed by atoms with Gasteiger partial charge in [0.1, 0.15) is 0 Å². The zero-order valence-electron chi connectivity index (χ0n) is 13.5. The van der Waals surface area contributed by atoms with E-state index in [1.54, 1.807) is 6.92 Å². The van der Waals surface area contributed by atoms with Crippen molar-refractivity contribution in [3.63, 3.8) is 0 Å². The van der Waals surface area contributed by atoms with E-state index in [4.69, 9.17) is 0 Å². The molecule has 1 aromatic carbocycles. The average molecular weight is 294 g/mol. The number of hydrogen-bond donors (Lipinski definition) is 0. The minimum atomic E-state index is -0.861. The highest BCUT2D eigenvalue weighted by Crippen LogP contribution is 2.24. The minimum absolute atomic E-state index is 0.0916. The van der Waals surface area contributed by atoms with Crippen LogP contribution in [-0.2, 0) is 16.6 Å². The first-order valence-electron chi connectivity index (χ1n) is 7.23. The van der Waals surface area contributed by atoms with Crippen LogP contribution in [0.15, 0.2) is 6.07 Å². The molecule has 0 bridgehead atoms. The summed E-state index contributed by atoms with van der Waals surface area (Å²) in [7, 11) is -0.861. The van der Waals surface area contributed by atoms with E-state index in [1.807, 2.05) is 26.8 Å². The van der Waals surface area contributed by atoms with Gasteiger partial charge in [0.2, 0.25) is 0 Å². The summed E-state index contributed by atoms with van der Waals surface area (Å²) in [5.41, 5.74) is 5.05. The third kappa shape index (κ3) is 4.02. The van der Waals surface area contributed by atoms with Crippen LogP contribution in [0, 0.1) is 26.7 Å². The van der Waals surface area contributed by atoms with Crippen LogP contribution in [0.5, 0.6) is 0 Å². The number of hydrogen-bond acceptors (Lipinski definition) is 2. The molecule has 20 heavy (non-hydrogen) atoms. The maximum Gasteiger partial charge on any atom is 0.160 e. The molecule has 3 heteroatoms. The summed E-state index contributed by atoms with van der Waals surface area (Å²) in [5.74, 6) is 1.87. The van der Waals surface area contributed by atoms with Gasteiger partial charge in [0.25, 0.3) is 0 Å². The van der Waals surface area contributed by atoms with Crippen molar-refractivity contribution in [2.45, 2.75) is 53.7 Å². The summed E-state index contributed by atoms with van der Waals surface area (Å²) in [6.45, 7) is 11.8. The lowest BCUT2D eigenvalue weighted by molar-refractivity contribution is 0.101. The molecule has 0 radical (unpaired) electrons. The largest absolute Gasteiger partial charge is 0.294 e. The van der Waals surface area contributed by atoms with Crippen molar-refractivity contribution < 1.29 is 9.00 Å². The number of ketones is 1. The number of rotatable bonds is 6. The SMILES string of the molecule is CCC(C)CS(=O)Cc1c(C)cc(C)c(C(C)=O)c1C. The topological polar surface area (TPSA) is 34.1 Å². The van der Waals surface area contributed by atoms with E-state index in [1.165, 1.54) is 0 Å². The molecule has 0 saturated heterocycles. The molecule has 2 nitrogen and oxygen atoms in total. The van der Waals surface area contributed by atoms with Crippen LogP contribution < -0.4 is 0 Å². The molecule has 0 fully saturated rings. The van der Waals surface area contributed by atoms with Crippen molar-refractivity contribution >= 4 is 16.6 Å². The summed E-state index contributed by atoms with van der Waals surface area (Å²) in [5, 5.41) is 0. The average Bonchev–Trinajstić information content (AvgIpc) is 2.33. The van der Waals surface area contributed by atoms with Gasteiger partial charge in [-0.15, -0.1) is 0 Å². The highest BCUT2D eigenvalue weighted by atomic mass is 32.2. The summed E-state index contributed by atoms with van der Waals surface area (Å²) in [4.78, 5) is 11.8. The number of aryl methyl sites for hydroxylation is 2. The maximum atomic E-state index is 12.3. The molecule has 2 unspecified atom stereocenters. The van der Waals surface area contributed by atoms with Gasteiger partial charge in [-0.05, 0) is 55.9 Å². The Balaban J connectivity index is 3.10. The Labute approximate surface area is 125 Å². The number of benzene rings is 1. The van der Waals surface area contributed by atoms with E-state index >= 15 is 0 Å². The lowest BCUT2D eigenvalue weighted by Crippen LogP contribution is -2.12. The normalized spacial score (nSPS) is 14.1. The van der Waals surface area contributed by atoms with Crippen LogP contribution in [0.3, 0.4) is 0 Å². The molecule has 0 amide bonds. The Morgan fingerprint density at radius 1 is 1.25 bits per heavy atom. The molecule has 0 N–H and O–H groups in total. The Bertz CT molecular complexity index is 532. The minimum Gasteiger partial charge on any atom is -0.294 e. The highest BCUT2D eigenvalue weighted by Gasteiger charge is 2.16. The Kier molecular flexibility index (Phi) is 6.12. The molecular formula is C17H26O2S. The third-order valence-corrected chi connectivity index (χ3v) is 5.51. The molecule has 0 saturated carbocycles. The van der Waals surface area contributed by atoms with Gasteiger partial charge in [-0.2, -0.15) is 0 Å². The highest BCUT2D eigenvalue weighted by molar-refractivity contribution is 7.84. The van der Waals surface area contributed by atoms with Crippen molar-refractivity contribution in [3.05, 3.63) is 33.9 Å². The van der Waals surface area contributed by atoms with Gasteiger partial charge in [0.15, 0.2) is 5.78 Å². The first-order chi connectivity index (χ1) is 9.27. The molecule has 0 heterocycles. The van der Waals surface area contributed by atoms with Gasteiger partial charge < -0.3 is 0 Å². The molecule has 1 rings (SSSR count). The van der Waals surface area contributed by atoms with Crippen molar-refractivity contribution in [2.24, 2.45) is 5.92 Å². The van der Waals surface area contributed by atoms with Crippen LogP contribution in [0.2, 0.25) is 0 Å². The fourth-order valence-corrected chi connectivity index (χ4v) is 4.40. The van der Waals surface area contributed by atoms with Gasteiger partial charge >= 0.3 is 0 Å². The van der Waals surface area contributed by atoms with Gasteiger partial charge in [0.05, 0.1) is 0 Å². The molecule has 2 atom stereocenters. The van der Waals surface area contributed by atoms with E-state index in [9.17, 15) is 9.00 Å². The van der Waals surface area contributed by atoms with Crippen molar-refractivity contribution in [1.29, 1.82) is 0 Å². The first kappa shape index (κ1) is 17.1. The standard InChI is InChI=1S/C17H26O2S/c1-7-11(2)9-20(19)10-16-12(3)8-13(4)17(14(16)5)15(6)18/h8,11H,7,9-10H2,1-6H3. The molecule has 0 spiro atoms.